The summed E-state index contributed by atoms with van der Waals surface area (Å²) in [7, 11) is -1.74. The number of hydrogen-bond donors (Lipinski definition) is 2. The third-order valence-corrected chi connectivity index (χ3v) is 4.17. The normalized spacial score (nSPS) is 16.1. The lowest BCUT2D eigenvalue weighted by atomic mass is 10.1. The van der Waals surface area contributed by atoms with Crippen LogP contribution in [0.2, 0.25) is 0 Å². The zero-order chi connectivity index (χ0) is 12.3. The molecule has 1 fully saturated rings. The molecule has 1 aromatic rings. The van der Waals surface area contributed by atoms with E-state index in [0.29, 0.717) is 6.04 Å². The van der Waals surface area contributed by atoms with Gasteiger partial charge >= 0.3 is 0 Å². The van der Waals surface area contributed by atoms with E-state index in [1.54, 1.807) is 0 Å². The van der Waals surface area contributed by atoms with Crippen molar-refractivity contribution in [1.82, 2.24) is 10.0 Å². The SMILES string of the molecule is CNS(=O)(=O)Cc1cccc(CNC2CC2)c1. The lowest BCUT2D eigenvalue weighted by Gasteiger charge is -2.06. The summed E-state index contributed by atoms with van der Waals surface area (Å²) in [5.74, 6) is 0.0424. The van der Waals surface area contributed by atoms with Crippen molar-refractivity contribution in [3.8, 4) is 0 Å². The van der Waals surface area contributed by atoms with Gasteiger partial charge in [0.1, 0.15) is 0 Å². The molecule has 2 rings (SSSR count). The minimum atomic E-state index is -3.18. The Labute approximate surface area is 102 Å². The molecule has 1 saturated carbocycles. The fraction of sp³-hybridized carbons (Fsp3) is 0.500. The van der Waals surface area contributed by atoms with Gasteiger partial charge < -0.3 is 5.32 Å². The first-order chi connectivity index (χ1) is 8.09. The number of benzene rings is 1. The molecule has 0 saturated heterocycles. The summed E-state index contributed by atoms with van der Waals surface area (Å²) >= 11 is 0. The highest BCUT2D eigenvalue weighted by molar-refractivity contribution is 7.88. The van der Waals surface area contributed by atoms with Gasteiger partial charge in [0.05, 0.1) is 5.75 Å². The molecule has 5 heteroatoms. The van der Waals surface area contributed by atoms with Gasteiger partial charge in [-0.2, -0.15) is 0 Å². The van der Waals surface area contributed by atoms with Crippen LogP contribution in [-0.2, 0) is 22.3 Å². The second-order valence-corrected chi connectivity index (χ2v) is 6.36. The zero-order valence-electron chi connectivity index (χ0n) is 9.94. The van der Waals surface area contributed by atoms with E-state index in [0.717, 1.165) is 17.7 Å². The number of sulfonamides is 1. The minimum Gasteiger partial charge on any atom is -0.310 e. The van der Waals surface area contributed by atoms with E-state index in [-0.39, 0.29) is 5.75 Å². The fourth-order valence-electron chi connectivity index (χ4n) is 1.67. The first-order valence-electron chi connectivity index (χ1n) is 5.81. The quantitative estimate of drug-likeness (QED) is 0.796. The molecule has 94 valence electrons. The van der Waals surface area contributed by atoms with Gasteiger partial charge in [0.25, 0.3) is 0 Å². The Hall–Kier alpha value is -0.910. The van der Waals surface area contributed by atoms with E-state index in [4.69, 9.17) is 0 Å². The highest BCUT2D eigenvalue weighted by atomic mass is 32.2. The molecule has 1 aliphatic carbocycles. The highest BCUT2D eigenvalue weighted by Crippen LogP contribution is 2.19. The lowest BCUT2D eigenvalue weighted by molar-refractivity contribution is 0.587. The average Bonchev–Trinajstić information content (AvgIpc) is 3.10. The van der Waals surface area contributed by atoms with E-state index < -0.39 is 10.0 Å². The van der Waals surface area contributed by atoms with Crippen LogP contribution in [0.25, 0.3) is 0 Å². The predicted octanol–water partition coefficient (Wildman–Crippen LogP) is 0.988. The smallest absolute Gasteiger partial charge is 0.215 e. The summed E-state index contributed by atoms with van der Waals surface area (Å²) in [6.45, 7) is 0.818. The van der Waals surface area contributed by atoms with Crippen LogP contribution < -0.4 is 10.0 Å². The maximum absolute atomic E-state index is 11.4. The van der Waals surface area contributed by atoms with Gasteiger partial charge in [0.2, 0.25) is 10.0 Å². The van der Waals surface area contributed by atoms with Crippen LogP contribution in [0.1, 0.15) is 24.0 Å². The molecule has 2 N–H and O–H groups in total. The van der Waals surface area contributed by atoms with Crippen molar-refractivity contribution < 1.29 is 8.42 Å². The van der Waals surface area contributed by atoms with Crippen LogP contribution in [0.3, 0.4) is 0 Å². The first kappa shape index (κ1) is 12.5. The standard InChI is InChI=1S/C12H18N2O2S/c1-13-17(15,16)9-11-4-2-3-10(7-11)8-14-12-5-6-12/h2-4,7,12-14H,5-6,8-9H2,1H3. The van der Waals surface area contributed by atoms with Gasteiger partial charge in [-0.15, -0.1) is 0 Å². The summed E-state index contributed by atoms with van der Waals surface area (Å²) in [5, 5.41) is 3.41. The fourth-order valence-corrected chi connectivity index (χ4v) is 2.43. The topological polar surface area (TPSA) is 58.2 Å². The Morgan fingerprint density at radius 3 is 2.65 bits per heavy atom. The monoisotopic (exact) mass is 254 g/mol. The zero-order valence-corrected chi connectivity index (χ0v) is 10.8. The Morgan fingerprint density at radius 2 is 2.00 bits per heavy atom. The van der Waals surface area contributed by atoms with E-state index in [1.165, 1.54) is 19.9 Å². The van der Waals surface area contributed by atoms with Gasteiger partial charge in [-0.05, 0) is 31.0 Å². The molecule has 0 unspecified atom stereocenters. The summed E-state index contributed by atoms with van der Waals surface area (Å²) < 4.78 is 25.2. The van der Waals surface area contributed by atoms with Gasteiger partial charge in [-0.1, -0.05) is 24.3 Å². The van der Waals surface area contributed by atoms with Gasteiger partial charge in [-0.25, -0.2) is 13.1 Å². The Bertz CT molecular complexity index is 481. The molecule has 0 atom stereocenters. The molecule has 0 radical (unpaired) electrons. The summed E-state index contributed by atoms with van der Waals surface area (Å²) in [6.07, 6.45) is 2.52. The van der Waals surface area contributed by atoms with Crippen molar-refractivity contribution >= 4 is 10.0 Å². The predicted molar refractivity (Wildman–Crippen MR) is 68.0 cm³/mol. The van der Waals surface area contributed by atoms with Crippen LogP contribution in [0.4, 0.5) is 0 Å². The maximum atomic E-state index is 11.4. The lowest BCUT2D eigenvalue weighted by Crippen LogP contribution is -2.20. The Balaban J connectivity index is 2.00. The average molecular weight is 254 g/mol. The van der Waals surface area contributed by atoms with Crippen LogP contribution in [-0.4, -0.2) is 21.5 Å². The third kappa shape index (κ3) is 4.11. The Morgan fingerprint density at radius 1 is 1.29 bits per heavy atom. The van der Waals surface area contributed by atoms with Crippen LogP contribution in [0, 0.1) is 0 Å². The van der Waals surface area contributed by atoms with Crippen molar-refractivity contribution in [3.05, 3.63) is 35.4 Å². The molecular formula is C12H18N2O2S. The van der Waals surface area contributed by atoms with Gasteiger partial charge in [-0.3, -0.25) is 0 Å². The van der Waals surface area contributed by atoms with Crippen LogP contribution in [0.15, 0.2) is 24.3 Å². The van der Waals surface area contributed by atoms with Crippen LogP contribution >= 0.6 is 0 Å². The molecule has 0 bridgehead atoms. The second kappa shape index (κ2) is 5.16. The first-order valence-corrected chi connectivity index (χ1v) is 7.47. The Kier molecular flexibility index (Phi) is 3.81. The molecule has 0 spiro atoms. The number of nitrogens with one attached hydrogen (secondary N) is 2. The summed E-state index contributed by atoms with van der Waals surface area (Å²) in [4.78, 5) is 0. The largest absolute Gasteiger partial charge is 0.310 e. The van der Waals surface area contributed by atoms with E-state index >= 15 is 0 Å². The molecular weight excluding hydrogens is 236 g/mol. The van der Waals surface area contributed by atoms with Crippen LogP contribution in [0.5, 0.6) is 0 Å². The van der Waals surface area contributed by atoms with Crippen molar-refractivity contribution in [2.75, 3.05) is 7.05 Å². The number of rotatable bonds is 6. The molecule has 0 aromatic heterocycles. The molecule has 0 aliphatic heterocycles. The molecule has 17 heavy (non-hydrogen) atoms. The van der Waals surface area contributed by atoms with Crippen molar-refractivity contribution in [2.45, 2.75) is 31.2 Å². The third-order valence-electron chi connectivity index (χ3n) is 2.83. The molecule has 1 aromatic carbocycles. The number of hydrogen-bond acceptors (Lipinski definition) is 3. The molecule has 4 nitrogen and oxygen atoms in total. The molecule has 0 amide bonds. The maximum Gasteiger partial charge on any atom is 0.215 e. The second-order valence-electron chi connectivity index (χ2n) is 4.44. The van der Waals surface area contributed by atoms with Crippen molar-refractivity contribution in [2.24, 2.45) is 0 Å². The van der Waals surface area contributed by atoms with E-state index in [9.17, 15) is 8.42 Å². The van der Waals surface area contributed by atoms with Crippen molar-refractivity contribution in [1.29, 1.82) is 0 Å². The van der Waals surface area contributed by atoms with Gasteiger partial charge in [0.15, 0.2) is 0 Å². The highest BCUT2D eigenvalue weighted by Gasteiger charge is 2.19. The van der Waals surface area contributed by atoms with E-state index in [1.807, 2.05) is 24.3 Å². The summed E-state index contributed by atoms with van der Waals surface area (Å²) in [6, 6.07) is 8.38. The van der Waals surface area contributed by atoms with Crippen molar-refractivity contribution in [3.63, 3.8) is 0 Å². The molecule has 1 aliphatic rings. The van der Waals surface area contributed by atoms with Gasteiger partial charge in [0, 0.05) is 12.6 Å². The van der Waals surface area contributed by atoms with E-state index in [2.05, 4.69) is 10.0 Å². The molecule has 0 heterocycles. The summed E-state index contributed by atoms with van der Waals surface area (Å²) in [5.41, 5.74) is 1.97. The minimum absolute atomic E-state index is 0.0424.